The van der Waals surface area contributed by atoms with Gasteiger partial charge in [0.15, 0.2) is 0 Å². The van der Waals surface area contributed by atoms with E-state index in [4.69, 9.17) is 9.47 Å². The largest absolute Gasteiger partial charge is 0.434 e. The average Bonchev–Trinajstić information content (AvgIpc) is 2.81. The van der Waals surface area contributed by atoms with Crippen molar-refractivity contribution in [3.05, 3.63) is 0 Å². The summed E-state index contributed by atoms with van der Waals surface area (Å²) in [5, 5.41) is 0. The van der Waals surface area contributed by atoms with Crippen molar-refractivity contribution in [2.75, 3.05) is 13.1 Å². The molecule has 0 radical (unpaired) electrons. The molecule has 0 aromatic heterocycles. The molecular formula is C18H33NO3. The van der Waals surface area contributed by atoms with E-state index in [1.807, 2.05) is 0 Å². The summed E-state index contributed by atoms with van der Waals surface area (Å²) in [6.07, 6.45) is 3.89. The topological polar surface area (TPSA) is 38.8 Å². The SMILES string of the molecule is CCN(CC)[C@@H]1CC(=O)O[C@H]1O[C@@H]1C[C@H](C)CC[C@H]1C(C)C. The summed E-state index contributed by atoms with van der Waals surface area (Å²) >= 11 is 0. The third-order valence-corrected chi connectivity index (χ3v) is 5.49. The lowest BCUT2D eigenvalue weighted by molar-refractivity contribution is -0.198. The Bertz CT molecular complexity index is 367. The molecule has 1 heterocycles. The fourth-order valence-electron chi connectivity index (χ4n) is 4.08. The van der Waals surface area contributed by atoms with Crippen LogP contribution in [0.4, 0.5) is 0 Å². The number of cyclic esters (lactones) is 1. The number of carbonyl (C=O) groups excluding carboxylic acids is 1. The summed E-state index contributed by atoms with van der Waals surface area (Å²) in [5.74, 6) is 1.77. The Kier molecular flexibility index (Phi) is 6.27. The van der Waals surface area contributed by atoms with E-state index in [0.29, 0.717) is 24.2 Å². The maximum atomic E-state index is 11.8. The molecule has 2 fully saturated rings. The first-order chi connectivity index (χ1) is 10.5. The van der Waals surface area contributed by atoms with Crippen molar-refractivity contribution >= 4 is 5.97 Å². The summed E-state index contributed by atoms with van der Waals surface area (Å²) in [5.41, 5.74) is 0. The third-order valence-electron chi connectivity index (χ3n) is 5.49. The van der Waals surface area contributed by atoms with E-state index in [0.717, 1.165) is 19.5 Å². The lowest BCUT2D eigenvalue weighted by Crippen LogP contribution is -2.45. The van der Waals surface area contributed by atoms with Gasteiger partial charge in [-0.15, -0.1) is 0 Å². The van der Waals surface area contributed by atoms with E-state index in [1.54, 1.807) is 0 Å². The number of hydrogen-bond acceptors (Lipinski definition) is 4. The van der Waals surface area contributed by atoms with Gasteiger partial charge in [-0.1, -0.05) is 41.0 Å². The van der Waals surface area contributed by atoms with Crippen molar-refractivity contribution < 1.29 is 14.3 Å². The van der Waals surface area contributed by atoms with Crippen molar-refractivity contribution in [1.82, 2.24) is 4.90 Å². The number of carbonyl (C=O) groups is 1. The van der Waals surface area contributed by atoms with Crippen LogP contribution in [0.25, 0.3) is 0 Å². The Labute approximate surface area is 135 Å². The molecule has 0 spiro atoms. The average molecular weight is 311 g/mol. The smallest absolute Gasteiger partial charge is 0.309 e. The van der Waals surface area contributed by atoms with Crippen LogP contribution in [0, 0.1) is 17.8 Å². The fraction of sp³-hybridized carbons (Fsp3) is 0.944. The zero-order valence-corrected chi connectivity index (χ0v) is 14.9. The molecule has 1 saturated heterocycles. The molecule has 4 heteroatoms. The van der Waals surface area contributed by atoms with E-state index in [9.17, 15) is 4.79 Å². The monoisotopic (exact) mass is 311 g/mol. The maximum Gasteiger partial charge on any atom is 0.309 e. The molecule has 0 bridgehead atoms. The summed E-state index contributed by atoms with van der Waals surface area (Å²) in [7, 11) is 0. The van der Waals surface area contributed by atoms with Gasteiger partial charge >= 0.3 is 5.97 Å². The van der Waals surface area contributed by atoms with Crippen LogP contribution in [0.3, 0.4) is 0 Å². The molecular weight excluding hydrogens is 278 g/mol. The van der Waals surface area contributed by atoms with Crippen LogP contribution in [0.15, 0.2) is 0 Å². The molecule has 0 unspecified atom stereocenters. The van der Waals surface area contributed by atoms with Crippen LogP contribution in [0.2, 0.25) is 0 Å². The molecule has 5 atom stereocenters. The first kappa shape index (κ1) is 17.7. The third kappa shape index (κ3) is 4.02. The predicted molar refractivity (Wildman–Crippen MR) is 87.4 cm³/mol. The van der Waals surface area contributed by atoms with Gasteiger partial charge in [0.2, 0.25) is 6.29 Å². The molecule has 0 aromatic carbocycles. The Balaban J connectivity index is 2.06. The first-order valence-corrected chi connectivity index (χ1v) is 9.05. The highest BCUT2D eigenvalue weighted by molar-refractivity contribution is 5.72. The second kappa shape index (κ2) is 7.78. The second-order valence-electron chi connectivity index (χ2n) is 7.35. The molecule has 2 aliphatic rings. The van der Waals surface area contributed by atoms with Gasteiger partial charge in [0, 0.05) is 0 Å². The number of likely N-dealkylation sites (N-methyl/N-ethyl adjacent to an activating group) is 1. The summed E-state index contributed by atoms with van der Waals surface area (Å²) < 4.78 is 11.9. The highest BCUT2D eigenvalue weighted by Crippen LogP contribution is 2.37. The highest BCUT2D eigenvalue weighted by Gasteiger charge is 2.42. The van der Waals surface area contributed by atoms with Gasteiger partial charge in [-0.3, -0.25) is 9.69 Å². The zero-order valence-electron chi connectivity index (χ0n) is 14.9. The molecule has 22 heavy (non-hydrogen) atoms. The molecule has 0 N–H and O–H groups in total. The van der Waals surface area contributed by atoms with E-state index in [1.165, 1.54) is 12.8 Å². The van der Waals surface area contributed by atoms with Crippen LogP contribution >= 0.6 is 0 Å². The van der Waals surface area contributed by atoms with Gasteiger partial charge in [0.1, 0.15) is 0 Å². The van der Waals surface area contributed by atoms with E-state index >= 15 is 0 Å². The minimum Gasteiger partial charge on any atom is -0.434 e. The maximum absolute atomic E-state index is 11.8. The summed E-state index contributed by atoms with van der Waals surface area (Å²) in [6, 6.07) is 0.0764. The van der Waals surface area contributed by atoms with Crippen molar-refractivity contribution in [1.29, 1.82) is 0 Å². The Morgan fingerprint density at radius 3 is 2.55 bits per heavy atom. The summed E-state index contributed by atoms with van der Waals surface area (Å²) in [6.45, 7) is 13.0. The second-order valence-corrected chi connectivity index (χ2v) is 7.35. The van der Waals surface area contributed by atoms with Crippen molar-refractivity contribution in [3.63, 3.8) is 0 Å². The molecule has 1 aliphatic heterocycles. The fourth-order valence-corrected chi connectivity index (χ4v) is 4.08. The van der Waals surface area contributed by atoms with Crippen molar-refractivity contribution in [3.8, 4) is 0 Å². The molecule has 4 nitrogen and oxygen atoms in total. The van der Waals surface area contributed by atoms with Crippen LogP contribution < -0.4 is 0 Å². The quantitative estimate of drug-likeness (QED) is 0.704. The first-order valence-electron chi connectivity index (χ1n) is 9.05. The van der Waals surface area contributed by atoms with Crippen LogP contribution in [0.5, 0.6) is 0 Å². The lowest BCUT2D eigenvalue weighted by atomic mass is 9.75. The Morgan fingerprint density at radius 1 is 1.27 bits per heavy atom. The lowest BCUT2D eigenvalue weighted by Gasteiger charge is -2.39. The van der Waals surface area contributed by atoms with Crippen molar-refractivity contribution in [2.24, 2.45) is 17.8 Å². The Hall–Kier alpha value is -0.610. The minimum absolute atomic E-state index is 0.0764. The van der Waals surface area contributed by atoms with Crippen LogP contribution in [0.1, 0.15) is 60.3 Å². The van der Waals surface area contributed by atoms with Crippen LogP contribution in [-0.2, 0) is 14.3 Å². The highest BCUT2D eigenvalue weighted by atomic mass is 16.7. The Morgan fingerprint density at radius 2 is 1.95 bits per heavy atom. The van der Waals surface area contributed by atoms with Gasteiger partial charge in [-0.25, -0.2) is 0 Å². The summed E-state index contributed by atoms with van der Waals surface area (Å²) in [4.78, 5) is 14.1. The molecule has 128 valence electrons. The molecule has 0 aromatic rings. The number of rotatable bonds is 6. The molecule has 0 amide bonds. The zero-order chi connectivity index (χ0) is 16.3. The minimum atomic E-state index is -0.385. The van der Waals surface area contributed by atoms with E-state index in [2.05, 4.69) is 39.5 Å². The van der Waals surface area contributed by atoms with Gasteiger partial charge in [0.25, 0.3) is 0 Å². The number of esters is 1. The molecule has 2 rings (SSSR count). The van der Waals surface area contributed by atoms with E-state index in [-0.39, 0.29) is 24.4 Å². The number of hydrogen-bond donors (Lipinski definition) is 0. The number of ether oxygens (including phenoxy) is 2. The molecule has 1 aliphatic carbocycles. The van der Waals surface area contributed by atoms with Crippen LogP contribution in [-0.4, -0.2) is 42.4 Å². The van der Waals surface area contributed by atoms with E-state index < -0.39 is 0 Å². The predicted octanol–water partition coefficient (Wildman–Crippen LogP) is 3.45. The van der Waals surface area contributed by atoms with Crippen molar-refractivity contribution in [2.45, 2.75) is 78.7 Å². The molecule has 1 saturated carbocycles. The van der Waals surface area contributed by atoms with Gasteiger partial charge in [-0.05, 0) is 43.7 Å². The normalized spacial score (nSPS) is 36.1. The number of nitrogens with zero attached hydrogens (tertiary/aromatic N) is 1. The standard InChI is InChI=1S/C18H33NO3/c1-6-19(7-2)15-11-17(20)22-18(15)21-16-10-13(5)8-9-14(16)12(3)4/h12-16,18H,6-11H2,1-5H3/t13-,14+,15-,16-,18-/m1/s1. The van der Waals surface area contributed by atoms with Gasteiger partial charge in [0.05, 0.1) is 18.6 Å². The van der Waals surface area contributed by atoms with Gasteiger partial charge in [-0.2, -0.15) is 0 Å². The van der Waals surface area contributed by atoms with Gasteiger partial charge < -0.3 is 9.47 Å².